The number of aryl methyl sites for hydroxylation is 1. The standard InChI is InChI=1S/C16H12ClFN2O3/c1-10-2-5-12(9-14(10)18)19-16(21)7-4-11-3-6-13(17)15(8-11)20(22)23/h2-9H,1H3,(H,19,21)/b7-4+. The number of carbonyl (C=O) groups excluding carboxylic acids is 1. The molecule has 0 aliphatic heterocycles. The van der Waals surface area contributed by atoms with E-state index in [0.29, 0.717) is 16.8 Å². The summed E-state index contributed by atoms with van der Waals surface area (Å²) in [5, 5.41) is 13.3. The Morgan fingerprint density at radius 1 is 1.30 bits per heavy atom. The Balaban J connectivity index is 2.10. The summed E-state index contributed by atoms with van der Waals surface area (Å²) in [4.78, 5) is 22.0. The highest BCUT2D eigenvalue weighted by molar-refractivity contribution is 6.32. The van der Waals surface area contributed by atoms with Crippen LogP contribution in [0.4, 0.5) is 15.8 Å². The number of nitro groups is 1. The Morgan fingerprint density at radius 3 is 2.70 bits per heavy atom. The first-order valence-electron chi connectivity index (χ1n) is 6.56. The molecular weight excluding hydrogens is 323 g/mol. The third-order valence-electron chi connectivity index (χ3n) is 3.03. The van der Waals surface area contributed by atoms with Crippen molar-refractivity contribution in [3.8, 4) is 0 Å². The predicted octanol–water partition coefficient (Wildman–Crippen LogP) is 4.35. The Hall–Kier alpha value is -2.73. The molecule has 5 nitrogen and oxygen atoms in total. The number of hydrogen-bond acceptors (Lipinski definition) is 3. The zero-order valence-electron chi connectivity index (χ0n) is 12.0. The fourth-order valence-corrected chi connectivity index (χ4v) is 1.99. The van der Waals surface area contributed by atoms with E-state index in [4.69, 9.17) is 11.6 Å². The van der Waals surface area contributed by atoms with Crippen LogP contribution in [0.25, 0.3) is 6.08 Å². The molecule has 2 rings (SSSR count). The van der Waals surface area contributed by atoms with E-state index in [1.165, 1.54) is 30.4 Å². The molecule has 118 valence electrons. The van der Waals surface area contributed by atoms with E-state index < -0.39 is 16.6 Å². The number of nitrogens with one attached hydrogen (secondary N) is 1. The van der Waals surface area contributed by atoms with Gasteiger partial charge in [-0.15, -0.1) is 0 Å². The van der Waals surface area contributed by atoms with Crippen LogP contribution >= 0.6 is 11.6 Å². The molecule has 0 saturated carbocycles. The summed E-state index contributed by atoms with van der Waals surface area (Å²) >= 11 is 5.71. The van der Waals surface area contributed by atoms with Gasteiger partial charge in [-0.1, -0.05) is 23.7 Å². The van der Waals surface area contributed by atoms with Gasteiger partial charge in [-0.25, -0.2) is 4.39 Å². The van der Waals surface area contributed by atoms with Gasteiger partial charge in [-0.05, 0) is 42.3 Å². The molecule has 0 atom stereocenters. The van der Waals surface area contributed by atoms with Crippen LogP contribution in [0.15, 0.2) is 42.5 Å². The molecule has 23 heavy (non-hydrogen) atoms. The van der Waals surface area contributed by atoms with E-state index >= 15 is 0 Å². The monoisotopic (exact) mass is 334 g/mol. The maximum Gasteiger partial charge on any atom is 0.288 e. The molecule has 1 N–H and O–H groups in total. The maximum atomic E-state index is 13.4. The van der Waals surface area contributed by atoms with Crippen molar-refractivity contribution in [1.82, 2.24) is 0 Å². The third-order valence-corrected chi connectivity index (χ3v) is 3.35. The summed E-state index contributed by atoms with van der Waals surface area (Å²) in [7, 11) is 0. The minimum absolute atomic E-state index is 0.0201. The quantitative estimate of drug-likeness (QED) is 0.513. The number of anilines is 1. The predicted molar refractivity (Wildman–Crippen MR) is 86.9 cm³/mol. The molecule has 0 saturated heterocycles. The number of hydrogen-bond donors (Lipinski definition) is 1. The van der Waals surface area contributed by atoms with Crippen LogP contribution in [-0.2, 0) is 4.79 Å². The molecule has 0 aromatic heterocycles. The van der Waals surface area contributed by atoms with Gasteiger partial charge in [-0.3, -0.25) is 14.9 Å². The average molecular weight is 335 g/mol. The van der Waals surface area contributed by atoms with E-state index in [-0.39, 0.29) is 10.7 Å². The molecule has 0 radical (unpaired) electrons. The van der Waals surface area contributed by atoms with Gasteiger partial charge in [0.2, 0.25) is 5.91 Å². The highest BCUT2D eigenvalue weighted by Gasteiger charge is 2.11. The second kappa shape index (κ2) is 7.02. The highest BCUT2D eigenvalue weighted by Crippen LogP contribution is 2.25. The summed E-state index contributed by atoms with van der Waals surface area (Å²) in [6, 6.07) is 8.54. The summed E-state index contributed by atoms with van der Waals surface area (Å²) < 4.78 is 13.4. The summed E-state index contributed by atoms with van der Waals surface area (Å²) in [5.74, 6) is -0.897. The minimum Gasteiger partial charge on any atom is -0.322 e. The molecule has 7 heteroatoms. The van der Waals surface area contributed by atoms with Gasteiger partial charge in [0.25, 0.3) is 5.69 Å². The van der Waals surface area contributed by atoms with Crippen molar-refractivity contribution in [2.24, 2.45) is 0 Å². The average Bonchev–Trinajstić information content (AvgIpc) is 2.50. The number of benzene rings is 2. The van der Waals surface area contributed by atoms with Gasteiger partial charge < -0.3 is 5.32 Å². The van der Waals surface area contributed by atoms with Crippen LogP contribution in [0, 0.1) is 22.9 Å². The Morgan fingerprint density at radius 2 is 2.04 bits per heavy atom. The van der Waals surface area contributed by atoms with E-state index in [1.807, 2.05) is 0 Å². The number of halogens is 2. The molecular formula is C16H12ClFN2O3. The van der Waals surface area contributed by atoms with Gasteiger partial charge in [0.15, 0.2) is 0 Å². The fourth-order valence-electron chi connectivity index (χ4n) is 1.80. The van der Waals surface area contributed by atoms with Gasteiger partial charge >= 0.3 is 0 Å². The molecule has 2 aromatic carbocycles. The van der Waals surface area contributed by atoms with Crippen molar-refractivity contribution in [1.29, 1.82) is 0 Å². The molecule has 0 unspecified atom stereocenters. The van der Waals surface area contributed by atoms with E-state index in [1.54, 1.807) is 25.1 Å². The van der Waals surface area contributed by atoms with Crippen LogP contribution in [0.3, 0.4) is 0 Å². The van der Waals surface area contributed by atoms with Crippen LogP contribution in [0.5, 0.6) is 0 Å². The lowest BCUT2D eigenvalue weighted by molar-refractivity contribution is -0.384. The largest absolute Gasteiger partial charge is 0.322 e. The Kier molecular flexibility index (Phi) is 5.08. The first kappa shape index (κ1) is 16.6. The zero-order chi connectivity index (χ0) is 17.0. The molecule has 1 amide bonds. The van der Waals surface area contributed by atoms with Crippen molar-refractivity contribution in [3.05, 3.63) is 74.6 Å². The van der Waals surface area contributed by atoms with Crippen LogP contribution < -0.4 is 5.32 Å². The topological polar surface area (TPSA) is 72.2 Å². The van der Waals surface area contributed by atoms with Crippen molar-refractivity contribution in [3.63, 3.8) is 0 Å². The Bertz CT molecular complexity index is 806. The zero-order valence-corrected chi connectivity index (χ0v) is 12.8. The van der Waals surface area contributed by atoms with Gasteiger partial charge in [0.05, 0.1) is 4.92 Å². The Labute approximate surface area is 136 Å². The smallest absolute Gasteiger partial charge is 0.288 e. The van der Waals surface area contributed by atoms with Crippen molar-refractivity contribution >= 4 is 35.0 Å². The molecule has 0 spiro atoms. The summed E-state index contributed by atoms with van der Waals surface area (Å²) in [6.07, 6.45) is 2.61. The number of rotatable bonds is 4. The van der Waals surface area contributed by atoms with Crippen molar-refractivity contribution in [2.75, 3.05) is 5.32 Å². The lowest BCUT2D eigenvalue weighted by atomic mass is 10.2. The SMILES string of the molecule is Cc1ccc(NC(=O)/C=C/c2ccc(Cl)c([N+](=O)[O-])c2)cc1F. The fraction of sp³-hybridized carbons (Fsp3) is 0.0625. The first-order valence-corrected chi connectivity index (χ1v) is 6.94. The second-order valence-electron chi connectivity index (χ2n) is 4.75. The number of nitrogens with zero attached hydrogens (tertiary/aromatic N) is 1. The van der Waals surface area contributed by atoms with Crippen LogP contribution in [0.1, 0.15) is 11.1 Å². The highest BCUT2D eigenvalue weighted by atomic mass is 35.5. The summed E-state index contributed by atoms with van der Waals surface area (Å²) in [6.45, 7) is 1.62. The van der Waals surface area contributed by atoms with Crippen LogP contribution in [-0.4, -0.2) is 10.8 Å². The van der Waals surface area contributed by atoms with E-state index in [9.17, 15) is 19.3 Å². The number of amides is 1. The molecule has 0 bridgehead atoms. The number of carbonyl (C=O) groups is 1. The first-order chi connectivity index (χ1) is 10.9. The van der Waals surface area contributed by atoms with Crippen molar-refractivity contribution in [2.45, 2.75) is 6.92 Å². The molecule has 0 aliphatic carbocycles. The van der Waals surface area contributed by atoms with Crippen LogP contribution in [0.2, 0.25) is 5.02 Å². The van der Waals surface area contributed by atoms with Gasteiger partial charge in [0.1, 0.15) is 10.8 Å². The second-order valence-corrected chi connectivity index (χ2v) is 5.16. The maximum absolute atomic E-state index is 13.4. The lowest BCUT2D eigenvalue weighted by Gasteiger charge is -2.03. The molecule has 0 heterocycles. The van der Waals surface area contributed by atoms with E-state index in [2.05, 4.69) is 5.32 Å². The molecule has 0 aliphatic rings. The van der Waals surface area contributed by atoms with Gasteiger partial charge in [-0.2, -0.15) is 0 Å². The number of nitro benzene ring substituents is 1. The summed E-state index contributed by atoms with van der Waals surface area (Å²) in [5.41, 5.74) is 1.01. The lowest BCUT2D eigenvalue weighted by Crippen LogP contribution is -2.08. The minimum atomic E-state index is -0.602. The molecule has 2 aromatic rings. The molecule has 0 fully saturated rings. The van der Waals surface area contributed by atoms with Crippen molar-refractivity contribution < 1.29 is 14.1 Å². The third kappa shape index (κ3) is 4.37. The normalized spacial score (nSPS) is 10.7. The van der Waals surface area contributed by atoms with Gasteiger partial charge in [0, 0.05) is 17.8 Å². The van der Waals surface area contributed by atoms with E-state index in [0.717, 1.165) is 0 Å².